The molecule has 14 heavy (non-hydrogen) atoms. The van der Waals surface area contributed by atoms with Crippen molar-refractivity contribution < 1.29 is 14.1 Å². The highest BCUT2D eigenvalue weighted by atomic mass is 19.1. The number of aldehydes is 1. The summed E-state index contributed by atoms with van der Waals surface area (Å²) < 4.78 is 13.0. The van der Waals surface area contributed by atoms with Gasteiger partial charge in [-0.15, -0.1) is 0 Å². The van der Waals surface area contributed by atoms with Crippen LogP contribution in [0.5, 0.6) is 0 Å². The van der Waals surface area contributed by atoms with Gasteiger partial charge in [-0.3, -0.25) is 14.9 Å². The van der Waals surface area contributed by atoms with Gasteiger partial charge in [-0.25, -0.2) is 4.39 Å². The topological polar surface area (TPSA) is 72.2 Å². The molecule has 0 aliphatic carbocycles. The predicted octanol–water partition coefficient (Wildman–Crippen LogP) is 1.59. The van der Waals surface area contributed by atoms with E-state index in [2.05, 4.69) is 5.32 Å². The van der Waals surface area contributed by atoms with Gasteiger partial charge in [0.15, 0.2) is 12.1 Å². The summed E-state index contributed by atoms with van der Waals surface area (Å²) >= 11 is 0. The van der Waals surface area contributed by atoms with Gasteiger partial charge in [-0.1, -0.05) is 0 Å². The van der Waals surface area contributed by atoms with E-state index in [4.69, 9.17) is 0 Å². The van der Waals surface area contributed by atoms with Crippen molar-refractivity contribution in [3.63, 3.8) is 0 Å². The van der Waals surface area contributed by atoms with Crippen molar-refractivity contribution in [2.24, 2.45) is 0 Å². The van der Waals surface area contributed by atoms with Crippen LogP contribution in [0.2, 0.25) is 0 Å². The number of rotatable bonds is 3. The quantitative estimate of drug-likeness (QED) is 0.454. The van der Waals surface area contributed by atoms with Crippen molar-refractivity contribution in [3.05, 3.63) is 33.6 Å². The molecule has 1 aromatic carbocycles. The third-order valence-corrected chi connectivity index (χ3v) is 1.71. The Morgan fingerprint density at radius 3 is 2.64 bits per heavy atom. The standard InChI is InChI=1S/C8H7FN2O3/c1-10-7-2-5(4-12)8(11(13)14)3-6(7)9/h2-4,10H,1H3. The molecule has 0 spiro atoms. The number of anilines is 1. The van der Waals surface area contributed by atoms with Crippen LogP contribution >= 0.6 is 0 Å². The molecule has 5 nitrogen and oxygen atoms in total. The van der Waals surface area contributed by atoms with Crippen LogP contribution in [0.4, 0.5) is 15.8 Å². The van der Waals surface area contributed by atoms with E-state index in [1.807, 2.05) is 0 Å². The second-order valence-electron chi connectivity index (χ2n) is 2.52. The fourth-order valence-electron chi connectivity index (χ4n) is 1.02. The first-order chi connectivity index (χ1) is 6.60. The maximum absolute atomic E-state index is 13.0. The number of carbonyl (C=O) groups is 1. The summed E-state index contributed by atoms with van der Waals surface area (Å²) in [6.07, 6.45) is 0.318. The summed E-state index contributed by atoms with van der Waals surface area (Å²) in [5, 5.41) is 12.9. The van der Waals surface area contributed by atoms with Crippen molar-refractivity contribution in [2.75, 3.05) is 12.4 Å². The van der Waals surface area contributed by atoms with Gasteiger partial charge < -0.3 is 5.32 Å². The molecule has 6 heteroatoms. The Morgan fingerprint density at radius 1 is 1.57 bits per heavy atom. The van der Waals surface area contributed by atoms with Crippen LogP contribution in [-0.4, -0.2) is 18.3 Å². The lowest BCUT2D eigenvalue weighted by Gasteiger charge is -2.03. The normalized spacial score (nSPS) is 9.57. The van der Waals surface area contributed by atoms with E-state index in [1.54, 1.807) is 0 Å². The molecule has 0 aliphatic rings. The highest BCUT2D eigenvalue weighted by Crippen LogP contribution is 2.24. The zero-order valence-corrected chi connectivity index (χ0v) is 7.28. The maximum atomic E-state index is 13.0. The van der Waals surface area contributed by atoms with Gasteiger partial charge in [0.25, 0.3) is 5.69 Å². The molecule has 0 radical (unpaired) electrons. The van der Waals surface area contributed by atoms with Gasteiger partial charge in [0.05, 0.1) is 22.2 Å². The molecule has 1 aromatic rings. The number of nitrogens with one attached hydrogen (secondary N) is 1. The molecular weight excluding hydrogens is 191 g/mol. The number of nitro benzene ring substituents is 1. The number of hydrogen-bond donors (Lipinski definition) is 1. The minimum atomic E-state index is -0.799. The van der Waals surface area contributed by atoms with Crippen LogP contribution < -0.4 is 5.32 Å². The average molecular weight is 198 g/mol. The fourth-order valence-corrected chi connectivity index (χ4v) is 1.02. The lowest BCUT2D eigenvalue weighted by molar-refractivity contribution is -0.385. The van der Waals surface area contributed by atoms with E-state index in [9.17, 15) is 19.3 Å². The second kappa shape index (κ2) is 3.82. The Kier molecular flexibility index (Phi) is 2.76. The summed E-state index contributed by atoms with van der Waals surface area (Å²) in [5.74, 6) is -0.759. The number of nitro groups is 1. The molecule has 0 heterocycles. The van der Waals surface area contributed by atoms with Gasteiger partial charge in [0.1, 0.15) is 0 Å². The molecule has 0 bridgehead atoms. The van der Waals surface area contributed by atoms with Crippen LogP contribution in [-0.2, 0) is 0 Å². The molecule has 0 aromatic heterocycles. The molecule has 74 valence electrons. The van der Waals surface area contributed by atoms with E-state index >= 15 is 0 Å². The van der Waals surface area contributed by atoms with E-state index in [-0.39, 0.29) is 11.3 Å². The SMILES string of the molecule is CNc1cc(C=O)c([N+](=O)[O-])cc1F. The van der Waals surface area contributed by atoms with E-state index in [1.165, 1.54) is 7.05 Å². The second-order valence-corrected chi connectivity index (χ2v) is 2.52. The molecule has 1 rings (SSSR count). The van der Waals surface area contributed by atoms with Crippen LogP contribution in [0.1, 0.15) is 10.4 Å². The van der Waals surface area contributed by atoms with Crippen molar-refractivity contribution in [1.82, 2.24) is 0 Å². The van der Waals surface area contributed by atoms with Crippen molar-refractivity contribution in [1.29, 1.82) is 0 Å². The number of halogens is 1. The highest BCUT2D eigenvalue weighted by Gasteiger charge is 2.17. The van der Waals surface area contributed by atoms with Gasteiger partial charge in [0.2, 0.25) is 0 Å². The molecule has 0 amide bonds. The maximum Gasteiger partial charge on any atom is 0.282 e. The number of benzene rings is 1. The number of carbonyl (C=O) groups excluding carboxylic acids is 1. The molecule has 1 N–H and O–H groups in total. The summed E-state index contributed by atoms with van der Waals surface area (Å²) in [6.45, 7) is 0. The zero-order valence-electron chi connectivity index (χ0n) is 7.28. The van der Waals surface area contributed by atoms with Crippen molar-refractivity contribution >= 4 is 17.7 Å². The van der Waals surface area contributed by atoms with E-state index < -0.39 is 16.4 Å². The van der Waals surface area contributed by atoms with Gasteiger partial charge in [-0.05, 0) is 6.07 Å². The Morgan fingerprint density at radius 2 is 2.21 bits per heavy atom. The molecule has 0 aliphatic heterocycles. The molecule has 0 saturated heterocycles. The Balaban J connectivity index is 3.38. The van der Waals surface area contributed by atoms with E-state index in [0.717, 1.165) is 12.1 Å². The first-order valence-corrected chi connectivity index (χ1v) is 3.71. The lowest BCUT2D eigenvalue weighted by atomic mass is 10.1. The van der Waals surface area contributed by atoms with Gasteiger partial charge >= 0.3 is 0 Å². The summed E-state index contributed by atoms with van der Waals surface area (Å²) in [7, 11) is 1.46. The summed E-state index contributed by atoms with van der Waals surface area (Å²) in [4.78, 5) is 20.0. The number of nitrogens with zero attached hydrogens (tertiary/aromatic N) is 1. The predicted molar refractivity (Wildman–Crippen MR) is 48.0 cm³/mol. The van der Waals surface area contributed by atoms with Gasteiger partial charge in [-0.2, -0.15) is 0 Å². The molecular formula is C8H7FN2O3. The zero-order chi connectivity index (χ0) is 10.7. The largest absolute Gasteiger partial charge is 0.386 e. The fraction of sp³-hybridized carbons (Fsp3) is 0.125. The molecule has 0 atom stereocenters. The minimum Gasteiger partial charge on any atom is -0.386 e. The molecule has 0 saturated carbocycles. The smallest absolute Gasteiger partial charge is 0.282 e. The minimum absolute atomic E-state index is 0.0534. The van der Waals surface area contributed by atoms with Gasteiger partial charge in [0, 0.05) is 7.05 Å². The monoisotopic (exact) mass is 198 g/mol. The van der Waals surface area contributed by atoms with Crippen LogP contribution in [0.3, 0.4) is 0 Å². The Hall–Kier alpha value is -1.98. The number of hydrogen-bond acceptors (Lipinski definition) is 4. The first-order valence-electron chi connectivity index (χ1n) is 3.71. The lowest BCUT2D eigenvalue weighted by Crippen LogP contribution is -1.99. The Bertz CT molecular complexity index is 392. The average Bonchev–Trinajstić information content (AvgIpc) is 2.17. The first kappa shape index (κ1) is 10.1. The Labute approximate surface area is 78.7 Å². The molecule has 0 fully saturated rings. The summed E-state index contributed by atoms with van der Waals surface area (Å²) in [6, 6.07) is 1.82. The van der Waals surface area contributed by atoms with E-state index in [0.29, 0.717) is 6.29 Å². The third-order valence-electron chi connectivity index (χ3n) is 1.71. The van der Waals surface area contributed by atoms with Crippen molar-refractivity contribution in [3.8, 4) is 0 Å². The van der Waals surface area contributed by atoms with Crippen LogP contribution in [0.25, 0.3) is 0 Å². The van der Waals surface area contributed by atoms with Crippen LogP contribution in [0, 0.1) is 15.9 Å². The highest BCUT2D eigenvalue weighted by molar-refractivity contribution is 5.83. The summed E-state index contributed by atoms with van der Waals surface area (Å²) in [5.41, 5.74) is -0.630. The third kappa shape index (κ3) is 1.68. The molecule has 0 unspecified atom stereocenters. The van der Waals surface area contributed by atoms with Crippen molar-refractivity contribution in [2.45, 2.75) is 0 Å². The van der Waals surface area contributed by atoms with Crippen LogP contribution in [0.15, 0.2) is 12.1 Å².